The number of nitrogens with two attached hydrogens (primary N) is 1. The summed E-state index contributed by atoms with van der Waals surface area (Å²) in [6.07, 6.45) is 7.15. The molecule has 0 bridgehead atoms. The molecular weight excluding hydrogens is 302 g/mol. The Morgan fingerprint density at radius 1 is 1.18 bits per heavy atom. The van der Waals surface area contributed by atoms with Crippen molar-refractivity contribution in [3.05, 3.63) is 23.8 Å². The number of hydrogen-bond acceptors (Lipinski definition) is 3. The number of halogens is 1. The Kier molecular flexibility index (Phi) is 8.28. The van der Waals surface area contributed by atoms with Crippen molar-refractivity contribution in [2.75, 3.05) is 20.8 Å². The van der Waals surface area contributed by atoms with Gasteiger partial charge in [0, 0.05) is 0 Å². The van der Waals surface area contributed by atoms with E-state index in [0.29, 0.717) is 29.5 Å². The maximum absolute atomic E-state index is 12.4. The Labute approximate surface area is 139 Å². The Morgan fingerprint density at radius 2 is 1.91 bits per heavy atom. The van der Waals surface area contributed by atoms with Gasteiger partial charge in [-0.3, -0.25) is 4.79 Å². The van der Waals surface area contributed by atoms with Crippen molar-refractivity contribution in [1.82, 2.24) is 0 Å². The van der Waals surface area contributed by atoms with Crippen LogP contribution in [0.5, 0.6) is 11.5 Å². The zero-order valence-corrected chi connectivity index (χ0v) is 14.2. The van der Waals surface area contributed by atoms with E-state index in [2.05, 4.69) is 5.32 Å². The van der Waals surface area contributed by atoms with E-state index in [-0.39, 0.29) is 18.2 Å². The fourth-order valence-electron chi connectivity index (χ4n) is 2.99. The van der Waals surface area contributed by atoms with E-state index in [1.54, 1.807) is 26.4 Å². The molecular formula is C17H26ClNO3. The molecule has 0 spiro atoms. The van der Waals surface area contributed by atoms with Gasteiger partial charge in [-0.25, -0.2) is 0 Å². The number of carbonyl (C=O) groups is 1. The van der Waals surface area contributed by atoms with Crippen molar-refractivity contribution in [3.8, 4) is 11.5 Å². The van der Waals surface area contributed by atoms with E-state index in [4.69, 9.17) is 9.47 Å². The van der Waals surface area contributed by atoms with E-state index in [1.165, 1.54) is 32.1 Å². The molecule has 0 heterocycles. The normalized spacial score (nSPS) is 15.0. The largest absolute Gasteiger partial charge is 1.00 e. The maximum Gasteiger partial charge on any atom is 0.172 e. The average Bonchev–Trinajstić information content (AvgIpc) is 2.55. The number of ether oxygens (including phenoxy) is 2. The number of ketones is 1. The summed E-state index contributed by atoms with van der Waals surface area (Å²) in [6, 6.07) is 6.07. The molecule has 2 N–H and O–H groups in total. The van der Waals surface area contributed by atoms with Gasteiger partial charge in [0.25, 0.3) is 0 Å². The monoisotopic (exact) mass is 327 g/mol. The summed E-state index contributed by atoms with van der Waals surface area (Å²) in [5.41, 5.74) is 0.619. The highest BCUT2D eigenvalue weighted by atomic mass is 35.5. The van der Waals surface area contributed by atoms with Crippen LogP contribution in [0.4, 0.5) is 0 Å². The van der Waals surface area contributed by atoms with Crippen LogP contribution >= 0.6 is 0 Å². The SMILES string of the molecule is COc1ccc(OC)c(C(=O)CC[NH2+]C2CCCCC2)c1.[Cl-]. The first-order valence-electron chi connectivity index (χ1n) is 7.83. The van der Waals surface area contributed by atoms with Crippen molar-refractivity contribution in [2.45, 2.75) is 44.6 Å². The molecule has 0 atom stereocenters. The molecule has 4 nitrogen and oxygen atoms in total. The summed E-state index contributed by atoms with van der Waals surface area (Å²) in [5.74, 6) is 1.44. The lowest BCUT2D eigenvalue weighted by Crippen LogP contribution is -3.00. The van der Waals surface area contributed by atoms with Gasteiger partial charge in [0.2, 0.25) is 0 Å². The molecule has 124 valence electrons. The van der Waals surface area contributed by atoms with Gasteiger partial charge in [-0.05, 0) is 43.9 Å². The zero-order valence-electron chi connectivity index (χ0n) is 13.4. The third-order valence-electron chi connectivity index (χ3n) is 4.23. The molecule has 1 aromatic carbocycles. The molecule has 0 unspecified atom stereocenters. The van der Waals surface area contributed by atoms with E-state index < -0.39 is 0 Å². The molecule has 1 aromatic rings. The molecule has 1 aliphatic rings. The molecule has 1 fully saturated rings. The standard InChI is InChI=1S/C17H25NO3.ClH/c1-20-14-8-9-17(21-2)15(12-14)16(19)10-11-18-13-6-4-3-5-7-13;/h8-9,12-13,18H,3-7,10-11H2,1-2H3;1H. The van der Waals surface area contributed by atoms with Gasteiger partial charge in [-0.15, -0.1) is 0 Å². The summed E-state index contributed by atoms with van der Waals surface area (Å²) in [5, 5.41) is 2.34. The van der Waals surface area contributed by atoms with Crippen LogP contribution in [-0.2, 0) is 0 Å². The van der Waals surface area contributed by atoms with Gasteiger partial charge in [0.05, 0.1) is 38.8 Å². The predicted octanol–water partition coefficient (Wildman–Crippen LogP) is -0.823. The van der Waals surface area contributed by atoms with Crippen LogP contribution in [0.2, 0.25) is 0 Å². The second-order valence-corrected chi connectivity index (χ2v) is 5.66. The minimum absolute atomic E-state index is 0. The number of carbonyl (C=O) groups excluding carboxylic acids is 1. The quantitative estimate of drug-likeness (QED) is 0.666. The average molecular weight is 328 g/mol. The van der Waals surface area contributed by atoms with Crippen molar-refractivity contribution >= 4 is 5.78 Å². The minimum Gasteiger partial charge on any atom is -1.00 e. The van der Waals surface area contributed by atoms with Crippen LogP contribution in [-0.4, -0.2) is 32.6 Å². The molecule has 5 heteroatoms. The highest BCUT2D eigenvalue weighted by molar-refractivity contribution is 5.99. The lowest BCUT2D eigenvalue weighted by atomic mass is 9.95. The predicted molar refractivity (Wildman–Crippen MR) is 82.2 cm³/mol. The number of quaternary nitrogens is 1. The van der Waals surface area contributed by atoms with Crippen molar-refractivity contribution < 1.29 is 32.0 Å². The van der Waals surface area contributed by atoms with Crippen LogP contribution in [0.1, 0.15) is 48.9 Å². The van der Waals surface area contributed by atoms with Gasteiger partial charge < -0.3 is 27.2 Å². The molecule has 1 saturated carbocycles. The lowest BCUT2D eigenvalue weighted by molar-refractivity contribution is -0.690. The summed E-state index contributed by atoms with van der Waals surface area (Å²) in [4.78, 5) is 12.4. The second-order valence-electron chi connectivity index (χ2n) is 5.66. The third kappa shape index (κ3) is 5.18. The van der Waals surface area contributed by atoms with Crippen LogP contribution in [0, 0.1) is 0 Å². The number of hydrogen-bond donors (Lipinski definition) is 1. The Bertz CT molecular complexity index is 473. The molecule has 2 rings (SSSR count). The van der Waals surface area contributed by atoms with Gasteiger partial charge in [0.1, 0.15) is 11.5 Å². The van der Waals surface area contributed by atoms with E-state index in [1.807, 2.05) is 6.07 Å². The molecule has 0 radical (unpaired) electrons. The van der Waals surface area contributed by atoms with E-state index in [0.717, 1.165) is 6.54 Å². The van der Waals surface area contributed by atoms with Crippen LogP contribution in [0.15, 0.2) is 18.2 Å². The van der Waals surface area contributed by atoms with Crippen LogP contribution < -0.4 is 27.2 Å². The molecule has 0 saturated heterocycles. The molecule has 0 aliphatic heterocycles. The summed E-state index contributed by atoms with van der Waals surface area (Å²) >= 11 is 0. The van der Waals surface area contributed by atoms with E-state index >= 15 is 0 Å². The highest BCUT2D eigenvalue weighted by Gasteiger charge is 2.18. The molecule has 1 aliphatic carbocycles. The first-order valence-corrected chi connectivity index (χ1v) is 7.83. The molecule has 22 heavy (non-hydrogen) atoms. The van der Waals surface area contributed by atoms with Gasteiger partial charge >= 0.3 is 0 Å². The summed E-state index contributed by atoms with van der Waals surface area (Å²) in [7, 11) is 3.19. The Morgan fingerprint density at radius 3 is 2.55 bits per heavy atom. The van der Waals surface area contributed by atoms with E-state index in [9.17, 15) is 4.79 Å². The molecule has 0 aromatic heterocycles. The smallest absolute Gasteiger partial charge is 0.172 e. The molecule has 0 amide bonds. The maximum atomic E-state index is 12.4. The summed E-state index contributed by atoms with van der Waals surface area (Å²) in [6.45, 7) is 0.851. The van der Waals surface area contributed by atoms with Crippen LogP contribution in [0.25, 0.3) is 0 Å². The Hall–Kier alpha value is -1.26. The lowest BCUT2D eigenvalue weighted by Gasteiger charge is -2.19. The second kappa shape index (κ2) is 9.70. The van der Waals surface area contributed by atoms with Crippen LogP contribution in [0.3, 0.4) is 0 Å². The number of Topliss-reactive ketones (excluding diaryl/α,β-unsaturated/α-hetero) is 1. The fraction of sp³-hybridized carbons (Fsp3) is 0.588. The number of methoxy groups -OCH3 is 2. The first-order chi connectivity index (χ1) is 10.2. The first kappa shape index (κ1) is 18.8. The fourth-order valence-corrected chi connectivity index (χ4v) is 2.99. The van der Waals surface area contributed by atoms with Gasteiger partial charge in [-0.1, -0.05) is 6.42 Å². The third-order valence-corrected chi connectivity index (χ3v) is 4.23. The van der Waals surface area contributed by atoms with Gasteiger partial charge in [-0.2, -0.15) is 0 Å². The summed E-state index contributed by atoms with van der Waals surface area (Å²) < 4.78 is 10.5. The highest BCUT2D eigenvalue weighted by Crippen LogP contribution is 2.25. The van der Waals surface area contributed by atoms with Crippen molar-refractivity contribution in [1.29, 1.82) is 0 Å². The topological polar surface area (TPSA) is 52.1 Å². The Balaban J connectivity index is 0.00000242. The number of benzene rings is 1. The van der Waals surface area contributed by atoms with Gasteiger partial charge in [0.15, 0.2) is 5.78 Å². The van der Waals surface area contributed by atoms with Crippen molar-refractivity contribution in [3.63, 3.8) is 0 Å². The van der Waals surface area contributed by atoms with Crippen molar-refractivity contribution in [2.24, 2.45) is 0 Å². The minimum atomic E-state index is 0. The number of rotatable bonds is 7. The zero-order chi connectivity index (χ0) is 15.1.